The van der Waals surface area contributed by atoms with Gasteiger partial charge in [0.25, 0.3) is 0 Å². The first-order valence-corrected chi connectivity index (χ1v) is 12.5. The summed E-state index contributed by atoms with van der Waals surface area (Å²) in [6, 6.07) is 7.59. The number of hydrogen-bond donors (Lipinski definition) is 1. The summed E-state index contributed by atoms with van der Waals surface area (Å²) in [5.41, 5.74) is 1.06. The van der Waals surface area contributed by atoms with E-state index >= 15 is 0 Å². The Balaban J connectivity index is 2.09. The summed E-state index contributed by atoms with van der Waals surface area (Å²) in [5.74, 6) is -0.517. The van der Waals surface area contributed by atoms with Crippen LogP contribution in [0.1, 0.15) is 53.0 Å². The fourth-order valence-electron chi connectivity index (χ4n) is 4.03. The minimum atomic E-state index is -0.616. The minimum Gasteiger partial charge on any atom is -0.443 e. The summed E-state index contributed by atoms with van der Waals surface area (Å²) in [4.78, 5) is 40.0. The Morgan fingerprint density at radius 2 is 1.69 bits per heavy atom. The molecule has 1 aromatic carbocycles. The van der Waals surface area contributed by atoms with Crippen LogP contribution in [0.5, 0.6) is 0 Å². The second kappa shape index (κ2) is 13.4. The van der Waals surface area contributed by atoms with Crippen molar-refractivity contribution in [1.29, 1.82) is 0 Å². The number of para-hydroxylation sites is 1. The van der Waals surface area contributed by atoms with Crippen molar-refractivity contribution in [2.75, 3.05) is 33.9 Å². The normalized spacial score (nSPS) is 11.8. The quantitative estimate of drug-likeness (QED) is 0.440. The molecule has 0 radical (unpaired) electrons. The van der Waals surface area contributed by atoms with E-state index in [0.717, 1.165) is 16.5 Å². The second-order valence-corrected chi connectivity index (χ2v) is 9.75. The molecule has 2 amide bonds. The van der Waals surface area contributed by atoms with Gasteiger partial charge in [0.15, 0.2) is 6.29 Å². The molecule has 9 heteroatoms. The highest BCUT2D eigenvalue weighted by Gasteiger charge is 2.26. The molecule has 1 N–H and O–H groups in total. The summed E-state index contributed by atoms with van der Waals surface area (Å²) in [7, 11) is 3.00. The number of nitrogens with one attached hydrogen (secondary N) is 1. The first kappa shape index (κ1) is 29.3. The Labute approximate surface area is 214 Å². The third-order valence-corrected chi connectivity index (χ3v) is 5.98. The van der Waals surface area contributed by atoms with Gasteiger partial charge in [-0.25, -0.2) is 4.79 Å². The maximum Gasteiger partial charge on any atom is 0.419 e. The molecule has 0 aliphatic heterocycles. The average molecular weight is 504 g/mol. The smallest absolute Gasteiger partial charge is 0.419 e. The molecular weight excluding hydrogens is 462 g/mol. The Hall–Kier alpha value is -2.91. The van der Waals surface area contributed by atoms with Crippen molar-refractivity contribution in [3.63, 3.8) is 0 Å². The zero-order chi connectivity index (χ0) is 26.9. The van der Waals surface area contributed by atoms with Gasteiger partial charge in [0.2, 0.25) is 11.8 Å². The molecule has 0 spiro atoms. The first-order valence-electron chi connectivity index (χ1n) is 12.5. The van der Waals surface area contributed by atoms with Gasteiger partial charge in [0.1, 0.15) is 5.60 Å². The van der Waals surface area contributed by atoms with E-state index < -0.39 is 18.0 Å². The van der Waals surface area contributed by atoms with Gasteiger partial charge >= 0.3 is 6.09 Å². The third kappa shape index (κ3) is 8.06. The van der Waals surface area contributed by atoms with Gasteiger partial charge < -0.3 is 24.4 Å². The number of amides is 2. The molecule has 0 saturated heterocycles. The van der Waals surface area contributed by atoms with E-state index in [4.69, 9.17) is 14.2 Å². The summed E-state index contributed by atoms with van der Waals surface area (Å²) in [5, 5.41) is 3.82. The number of nitrogens with zero attached hydrogens (tertiary/aromatic N) is 2. The van der Waals surface area contributed by atoms with Gasteiger partial charge in [0, 0.05) is 38.3 Å². The zero-order valence-corrected chi connectivity index (χ0v) is 22.6. The average Bonchev–Trinajstić information content (AvgIpc) is 3.20. The molecule has 0 bridgehead atoms. The number of carbonyl (C=O) groups excluding carboxylic acids is 3. The van der Waals surface area contributed by atoms with E-state index in [1.165, 1.54) is 23.7 Å². The first-order chi connectivity index (χ1) is 17.0. The van der Waals surface area contributed by atoms with Crippen molar-refractivity contribution in [3.8, 4) is 0 Å². The Morgan fingerprint density at radius 3 is 2.28 bits per heavy atom. The topological polar surface area (TPSA) is 99.1 Å². The number of methoxy groups -OCH3 is 2. The molecule has 0 saturated carbocycles. The SMILES string of the molecule is CCC(CC)C(=O)N(CC(=O)NCCc1cn(C(=O)OC(C)(C)C)c2ccccc12)CC(OC)OC. The number of aromatic nitrogens is 1. The predicted octanol–water partition coefficient (Wildman–Crippen LogP) is 3.97. The van der Waals surface area contributed by atoms with E-state index in [1.54, 1.807) is 6.20 Å². The fourth-order valence-corrected chi connectivity index (χ4v) is 4.03. The van der Waals surface area contributed by atoms with Crippen molar-refractivity contribution in [2.24, 2.45) is 5.92 Å². The monoisotopic (exact) mass is 503 g/mol. The number of carbonyl (C=O) groups is 3. The lowest BCUT2D eigenvalue weighted by Gasteiger charge is -2.28. The second-order valence-electron chi connectivity index (χ2n) is 9.75. The largest absolute Gasteiger partial charge is 0.443 e. The maximum atomic E-state index is 13.0. The van der Waals surface area contributed by atoms with Crippen molar-refractivity contribution in [2.45, 2.75) is 65.8 Å². The van der Waals surface area contributed by atoms with Gasteiger partial charge in [0.05, 0.1) is 18.6 Å². The maximum absolute atomic E-state index is 13.0. The molecule has 9 nitrogen and oxygen atoms in total. The van der Waals surface area contributed by atoms with Crippen LogP contribution in [0.2, 0.25) is 0 Å². The fraction of sp³-hybridized carbons (Fsp3) is 0.593. The lowest BCUT2D eigenvalue weighted by atomic mass is 10.0. The van der Waals surface area contributed by atoms with Crippen molar-refractivity contribution in [3.05, 3.63) is 36.0 Å². The van der Waals surface area contributed by atoms with Crippen LogP contribution in [0.25, 0.3) is 10.9 Å². The number of fused-ring (bicyclic) bond motifs is 1. The van der Waals surface area contributed by atoms with E-state index in [0.29, 0.717) is 25.8 Å². The van der Waals surface area contributed by atoms with Crippen LogP contribution in [0.3, 0.4) is 0 Å². The summed E-state index contributed by atoms with van der Waals surface area (Å²) >= 11 is 0. The Kier molecular flexibility index (Phi) is 10.9. The molecule has 0 atom stereocenters. The molecule has 1 heterocycles. The van der Waals surface area contributed by atoms with E-state index in [1.807, 2.05) is 58.9 Å². The highest BCUT2D eigenvalue weighted by Crippen LogP contribution is 2.23. The van der Waals surface area contributed by atoms with Crippen LogP contribution >= 0.6 is 0 Å². The zero-order valence-electron chi connectivity index (χ0n) is 22.6. The van der Waals surface area contributed by atoms with Crippen LogP contribution in [0.4, 0.5) is 4.79 Å². The predicted molar refractivity (Wildman–Crippen MR) is 139 cm³/mol. The van der Waals surface area contributed by atoms with Gasteiger partial charge in [-0.1, -0.05) is 32.0 Å². The molecule has 0 aliphatic rings. The Bertz CT molecular complexity index is 1020. The molecule has 2 rings (SSSR count). The van der Waals surface area contributed by atoms with Gasteiger partial charge in [-0.2, -0.15) is 0 Å². The lowest BCUT2D eigenvalue weighted by Crippen LogP contribution is -2.47. The summed E-state index contributed by atoms with van der Waals surface area (Å²) in [6.45, 7) is 9.83. The molecule has 1 aromatic heterocycles. The third-order valence-electron chi connectivity index (χ3n) is 5.98. The van der Waals surface area contributed by atoms with Crippen LogP contribution in [-0.2, 0) is 30.2 Å². The van der Waals surface area contributed by atoms with Gasteiger partial charge in [-0.05, 0) is 51.7 Å². The molecule has 0 aliphatic carbocycles. The minimum absolute atomic E-state index is 0.0851. The van der Waals surface area contributed by atoms with Crippen LogP contribution in [-0.4, -0.2) is 73.1 Å². The molecule has 2 aromatic rings. The molecule has 0 fully saturated rings. The van der Waals surface area contributed by atoms with Crippen LogP contribution in [0, 0.1) is 5.92 Å². The van der Waals surface area contributed by atoms with E-state index in [-0.39, 0.29) is 30.8 Å². The summed E-state index contributed by atoms with van der Waals surface area (Å²) < 4.78 is 17.5. The number of benzene rings is 1. The Morgan fingerprint density at radius 1 is 1.06 bits per heavy atom. The number of rotatable bonds is 12. The number of ether oxygens (including phenoxy) is 3. The van der Waals surface area contributed by atoms with E-state index in [2.05, 4.69) is 5.32 Å². The van der Waals surface area contributed by atoms with Crippen molar-refractivity contribution < 1.29 is 28.6 Å². The molecule has 36 heavy (non-hydrogen) atoms. The van der Waals surface area contributed by atoms with Gasteiger partial charge in [-0.15, -0.1) is 0 Å². The summed E-state index contributed by atoms with van der Waals surface area (Å²) in [6.07, 6.45) is 2.60. The van der Waals surface area contributed by atoms with Crippen LogP contribution in [0.15, 0.2) is 30.5 Å². The van der Waals surface area contributed by atoms with Gasteiger partial charge in [-0.3, -0.25) is 14.2 Å². The van der Waals surface area contributed by atoms with Crippen molar-refractivity contribution in [1.82, 2.24) is 14.8 Å². The highest BCUT2D eigenvalue weighted by atomic mass is 16.7. The number of hydrogen-bond acceptors (Lipinski definition) is 6. The molecular formula is C27H41N3O6. The standard InChI is InChI=1S/C27H41N3O6/c1-8-19(9-2)25(32)29(18-24(34-6)35-7)17-23(31)28-15-14-20-16-30(26(33)36-27(3,4)5)22-13-11-10-12-21(20)22/h10-13,16,19,24H,8-9,14-15,17-18H2,1-7H3,(H,28,31). The van der Waals surface area contributed by atoms with Crippen LogP contribution < -0.4 is 5.32 Å². The molecule has 200 valence electrons. The highest BCUT2D eigenvalue weighted by molar-refractivity contribution is 5.92. The van der Waals surface area contributed by atoms with Crippen molar-refractivity contribution >= 4 is 28.8 Å². The lowest BCUT2D eigenvalue weighted by molar-refractivity contribution is -0.152. The molecule has 0 unspecified atom stereocenters. The van der Waals surface area contributed by atoms with E-state index in [9.17, 15) is 14.4 Å².